The van der Waals surface area contributed by atoms with Gasteiger partial charge in [0, 0.05) is 0 Å². The average Bonchev–Trinajstić information content (AvgIpc) is 2.54. The van der Waals surface area contributed by atoms with Gasteiger partial charge in [-0.2, -0.15) is 0 Å². The van der Waals surface area contributed by atoms with E-state index < -0.39 is 0 Å². The van der Waals surface area contributed by atoms with E-state index in [0.717, 1.165) is 21.9 Å². The Morgan fingerprint density at radius 3 is 2.45 bits per heavy atom. The van der Waals surface area contributed by atoms with Crippen molar-refractivity contribution in [2.24, 2.45) is 0 Å². The second-order valence-electron chi connectivity index (χ2n) is 5.01. The summed E-state index contributed by atoms with van der Waals surface area (Å²) in [5.41, 5.74) is 2.63. The van der Waals surface area contributed by atoms with Gasteiger partial charge in [0.05, 0.1) is 12.2 Å². The molecule has 0 radical (unpaired) electrons. The van der Waals surface area contributed by atoms with E-state index in [2.05, 4.69) is 0 Å². The smallest absolute Gasteiger partial charge is 0.338 e. The summed E-state index contributed by atoms with van der Waals surface area (Å²) in [4.78, 5) is 12.0. The maximum atomic E-state index is 12.0. The van der Waals surface area contributed by atoms with E-state index in [-0.39, 0.29) is 11.7 Å². The van der Waals surface area contributed by atoms with Gasteiger partial charge in [-0.3, -0.25) is 0 Å². The van der Waals surface area contributed by atoms with Crippen LogP contribution in [0.4, 0.5) is 0 Å². The first-order valence-corrected chi connectivity index (χ1v) is 7.18. The highest BCUT2D eigenvalue weighted by Crippen LogP contribution is 2.27. The largest absolute Gasteiger partial charge is 0.508 e. The summed E-state index contributed by atoms with van der Waals surface area (Å²) in [6, 6.07) is 18.6. The fourth-order valence-corrected chi connectivity index (χ4v) is 2.50. The lowest BCUT2D eigenvalue weighted by atomic mass is 9.98. The molecule has 0 unspecified atom stereocenters. The van der Waals surface area contributed by atoms with Crippen molar-refractivity contribution < 1.29 is 14.6 Å². The van der Waals surface area contributed by atoms with E-state index >= 15 is 0 Å². The number of hydrogen-bond acceptors (Lipinski definition) is 3. The molecule has 3 aromatic carbocycles. The van der Waals surface area contributed by atoms with Gasteiger partial charge in [-0.05, 0) is 53.1 Å². The van der Waals surface area contributed by atoms with E-state index in [1.165, 1.54) is 0 Å². The van der Waals surface area contributed by atoms with Crippen LogP contribution in [0.15, 0.2) is 60.7 Å². The highest BCUT2D eigenvalue weighted by Gasteiger charge is 2.11. The predicted molar refractivity (Wildman–Crippen MR) is 87.0 cm³/mol. The Bertz CT molecular complexity index is 820. The molecular formula is C19H16O3. The molecular weight excluding hydrogens is 276 g/mol. The Morgan fingerprint density at radius 1 is 1.00 bits per heavy atom. The van der Waals surface area contributed by atoms with Gasteiger partial charge in [-0.1, -0.05) is 36.4 Å². The van der Waals surface area contributed by atoms with Gasteiger partial charge in [0.1, 0.15) is 5.75 Å². The van der Waals surface area contributed by atoms with Crippen molar-refractivity contribution in [1.29, 1.82) is 0 Å². The molecule has 22 heavy (non-hydrogen) atoms. The third-order valence-electron chi connectivity index (χ3n) is 3.58. The van der Waals surface area contributed by atoms with Crippen LogP contribution in [-0.4, -0.2) is 17.7 Å². The lowest BCUT2D eigenvalue weighted by Gasteiger charge is -2.08. The Morgan fingerprint density at radius 2 is 1.73 bits per heavy atom. The van der Waals surface area contributed by atoms with Gasteiger partial charge in [-0.25, -0.2) is 4.79 Å². The van der Waals surface area contributed by atoms with E-state index in [9.17, 15) is 9.90 Å². The molecule has 110 valence electrons. The lowest BCUT2D eigenvalue weighted by Crippen LogP contribution is -2.05. The highest BCUT2D eigenvalue weighted by molar-refractivity contribution is 6.05. The number of rotatable bonds is 3. The fraction of sp³-hybridized carbons (Fsp3) is 0.105. The van der Waals surface area contributed by atoms with Crippen molar-refractivity contribution in [3.05, 3.63) is 66.2 Å². The molecule has 0 fully saturated rings. The van der Waals surface area contributed by atoms with Crippen molar-refractivity contribution in [2.75, 3.05) is 6.61 Å². The van der Waals surface area contributed by atoms with Crippen LogP contribution in [0.3, 0.4) is 0 Å². The molecule has 3 aromatic rings. The molecule has 0 aromatic heterocycles. The summed E-state index contributed by atoms with van der Waals surface area (Å²) in [7, 11) is 0. The number of benzene rings is 3. The van der Waals surface area contributed by atoms with E-state index in [1.807, 2.05) is 42.5 Å². The first kappa shape index (κ1) is 14.1. The number of carbonyl (C=O) groups excluding carboxylic acids is 1. The van der Waals surface area contributed by atoms with Crippen LogP contribution in [0.25, 0.3) is 21.9 Å². The van der Waals surface area contributed by atoms with Crippen LogP contribution >= 0.6 is 0 Å². The molecule has 3 nitrogen and oxygen atoms in total. The third kappa shape index (κ3) is 2.66. The maximum absolute atomic E-state index is 12.0. The van der Waals surface area contributed by atoms with Crippen molar-refractivity contribution in [3.8, 4) is 16.9 Å². The van der Waals surface area contributed by atoms with Crippen LogP contribution in [-0.2, 0) is 4.74 Å². The SMILES string of the molecule is CCOC(=O)c1cccc2cc(-c3ccc(O)cc3)ccc12. The third-order valence-corrected chi connectivity index (χ3v) is 3.58. The number of ether oxygens (including phenoxy) is 1. The predicted octanol–water partition coefficient (Wildman–Crippen LogP) is 4.39. The van der Waals surface area contributed by atoms with Gasteiger partial charge in [0.15, 0.2) is 0 Å². The monoisotopic (exact) mass is 292 g/mol. The molecule has 0 amide bonds. The summed E-state index contributed by atoms with van der Waals surface area (Å²) >= 11 is 0. The van der Waals surface area contributed by atoms with Crippen molar-refractivity contribution >= 4 is 16.7 Å². The van der Waals surface area contributed by atoms with Gasteiger partial charge < -0.3 is 9.84 Å². The number of phenols is 1. The summed E-state index contributed by atoms with van der Waals surface area (Å²) in [5, 5.41) is 11.2. The highest BCUT2D eigenvalue weighted by atomic mass is 16.5. The summed E-state index contributed by atoms with van der Waals surface area (Å²) in [5.74, 6) is -0.0559. The molecule has 0 heterocycles. The molecule has 3 rings (SSSR count). The Balaban J connectivity index is 2.08. The molecule has 0 aliphatic rings. The molecule has 0 saturated heterocycles. The van der Waals surface area contributed by atoms with Crippen molar-refractivity contribution in [3.63, 3.8) is 0 Å². The minimum atomic E-state index is -0.300. The number of hydrogen-bond donors (Lipinski definition) is 1. The van der Waals surface area contributed by atoms with Crippen LogP contribution in [0.5, 0.6) is 5.75 Å². The Hall–Kier alpha value is -2.81. The molecule has 0 saturated carbocycles. The van der Waals surface area contributed by atoms with Gasteiger partial charge in [0.25, 0.3) is 0 Å². The van der Waals surface area contributed by atoms with Gasteiger partial charge in [0.2, 0.25) is 0 Å². The standard InChI is InChI=1S/C19H16O3/c1-2-22-19(21)18-5-3-4-15-12-14(8-11-17(15)18)13-6-9-16(20)10-7-13/h3-12,20H,2H2,1H3. The number of phenolic OH excluding ortho intramolecular Hbond substituents is 1. The molecule has 0 aliphatic heterocycles. The zero-order valence-electron chi connectivity index (χ0n) is 12.2. The minimum Gasteiger partial charge on any atom is -0.508 e. The average molecular weight is 292 g/mol. The summed E-state index contributed by atoms with van der Waals surface area (Å²) in [6.07, 6.45) is 0. The lowest BCUT2D eigenvalue weighted by molar-refractivity contribution is 0.0528. The Kier molecular flexibility index (Phi) is 3.79. The Labute approximate surface area is 128 Å². The normalized spacial score (nSPS) is 10.6. The maximum Gasteiger partial charge on any atom is 0.338 e. The van der Waals surface area contributed by atoms with E-state index in [4.69, 9.17) is 4.74 Å². The second kappa shape index (κ2) is 5.90. The molecule has 3 heteroatoms. The van der Waals surface area contributed by atoms with Crippen LogP contribution in [0.2, 0.25) is 0 Å². The van der Waals surface area contributed by atoms with Crippen LogP contribution < -0.4 is 0 Å². The second-order valence-corrected chi connectivity index (χ2v) is 5.01. The quantitative estimate of drug-likeness (QED) is 0.728. The molecule has 1 N–H and O–H groups in total. The van der Waals surface area contributed by atoms with Gasteiger partial charge in [-0.15, -0.1) is 0 Å². The fourth-order valence-electron chi connectivity index (χ4n) is 2.50. The summed E-state index contributed by atoms with van der Waals surface area (Å²) < 4.78 is 5.10. The molecule has 0 atom stereocenters. The summed E-state index contributed by atoms with van der Waals surface area (Å²) in [6.45, 7) is 2.16. The van der Waals surface area contributed by atoms with Crippen molar-refractivity contribution in [1.82, 2.24) is 0 Å². The first-order valence-electron chi connectivity index (χ1n) is 7.18. The first-order chi connectivity index (χ1) is 10.7. The van der Waals surface area contributed by atoms with Crippen LogP contribution in [0.1, 0.15) is 17.3 Å². The number of esters is 1. The van der Waals surface area contributed by atoms with E-state index in [0.29, 0.717) is 12.2 Å². The van der Waals surface area contributed by atoms with Crippen LogP contribution in [0, 0.1) is 0 Å². The molecule has 0 spiro atoms. The number of fused-ring (bicyclic) bond motifs is 1. The molecule has 0 bridgehead atoms. The zero-order valence-corrected chi connectivity index (χ0v) is 12.2. The van der Waals surface area contributed by atoms with E-state index in [1.54, 1.807) is 25.1 Å². The van der Waals surface area contributed by atoms with Crippen molar-refractivity contribution in [2.45, 2.75) is 6.92 Å². The zero-order chi connectivity index (χ0) is 15.5. The topological polar surface area (TPSA) is 46.5 Å². The number of aromatic hydroxyl groups is 1. The number of carbonyl (C=O) groups is 1. The van der Waals surface area contributed by atoms with Gasteiger partial charge >= 0.3 is 5.97 Å². The minimum absolute atomic E-state index is 0.245. The molecule has 0 aliphatic carbocycles.